The van der Waals surface area contributed by atoms with Crippen LogP contribution < -0.4 is 4.90 Å². The van der Waals surface area contributed by atoms with E-state index in [9.17, 15) is 13.2 Å². The molecule has 27 heavy (non-hydrogen) atoms. The molecule has 3 aromatic rings. The lowest BCUT2D eigenvalue weighted by atomic mass is 10.1. The molecule has 0 bridgehead atoms. The van der Waals surface area contributed by atoms with E-state index in [2.05, 4.69) is 5.10 Å². The van der Waals surface area contributed by atoms with Gasteiger partial charge in [-0.3, -0.25) is 9.48 Å². The van der Waals surface area contributed by atoms with Gasteiger partial charge in [-0.25, -0.2) is 8.42 Å². The van der Waals surface area contributed by atoms with Gasteiger partial charge < -0.3 is 4.90 Å². The molecule has 0 atom stereocenters. The molecule has 3 heterocycles. The van der Waals surface area contributed by atoms with Crippen molar-refractivity contribution in [3.63, 3.8) is 0 Å². The summed E-state index contributed by atoms with van der Waals surface area (Å²) in [7, 11) is -1.75. The van der Waals surface area contributed by atoms with Gasteiger partial charge in [0.05, 0.1) is 16.3 Å². The molecule has 2 aromatic carbocycles. The third-order valence-corrected chi connectivity index (χ3v) is 6.99. The minimum absolute atomic E-state index is 0.205. The summed E-state index contributed by atoms with van der Waals surface area (Å²) >= 11 is 0. The van der Waals surface area contributed by atoms with E-state index in [1.54, 1.807) is 40.9 Å². The Labute approximate surface area is 157 Å². The molecule has 0 fully saturated rings. The summed E-state index contributed by atoms with van der Waals surface area (Å²) in [4.78, 5) is 15.3. The van der Waals surface area contributed by atoms with Gasteiger partial charge in [0.1, 0.15) is 0 Å². The Kier molecular flexibility index (Phi) is 3.33. The molecule has 1 amide bonds. The van der Waals surface area contributed by atoms with Crippen molar-refractivity contribution in [1.82, 2.24) is 9.78 Å². The van der Waals surface area contributed by atoms with Gasteiger partial charge >= 0.3 is 0 Å². The van der Waals surface area contributed by atoms with Crippen molar-refractivity contribution in [1.29, 1.82) is 0 Å². The lowest BCUT2D eigenvalue weighted by molar-refractivity contribution is 0.0983. The number of anilines is 1. The number of aryl methyl sites for hydroxylation is 1. The van der Waals surface area contributed by atoms with Crippen molar-refractivity contribution >= 4 is 21.4 Å². The molecule has 0 N–H and O–H groups in total. The second-order valence-electron chi connectivity index (χ2n) is 6.89. The lowest BCUT2D eigenvalue weighted by Gasteiger charge is -2.19. The standard InChI is InChI=1S/C20H17N3O3S/c1-22-19-14-7-3-5-9-17(14)27(25,26)12-15(19)18(21-22)20(24)23-11-10-13-6-2-4-8-16(13)23/h2-9H,10-12H2,1H3. The second-order valence-corrected chi connectivity index (χ2v) is 8.85. The Morgan fingerprint density at radius 1 is 1.07 bits per heavy atom. The third-order valence-electron chi connectivity index (χ3n) is 5.29. The minimum atomic E-state index is -3.51. The number of fused-ring (bicyclic) bond motifs is 4. The topological polar surface area (TPSA) is 72.3 Å². The maximum atomic E-state index is 13.3. The number of para-hydroxylation sites is 1. The van der Waals surface area contributed by atoms with Crippen LogP contribution in [0.1, 0.15) is 21.6 Å². The van der Waals surface area contributed by atoms with Crippen molar-refractivity contribution in [2.45, 2.75) is 17.1 Å². The first-order valence-electron chi connectivity index (χ1n) is 8.75. The predicted octanol–water partition coefficient (Wildman–Crippen LogP) is 2.58. The molecule has 0 saturated heterocycles. The predicted molar refractivity (Wildman–Crippen MR) is 101 cm³/mol. The van der Waals surface area contributed by atoms with E-state index in [-0.39, 0.29) is 17.4 Å². The zero-order chi connectivity index (χ0) is 18.8. The first-order chi connectivity index (χ1) is 13.0. The number of hydrogen-bond acceptors (Lipinski definition) is 4. The molecule has 0 unspecified atom stereocenters. The molecular weight excluding hydrogens is 362 g/mol. The smallest absolute Gasteiger partial charge is 0.279 e. The maximum Gasteiger partial charge on any atom is 0.279 e. The fraction of sp³-hybridized carbons (Fsp3) is 0.200. The van der Waals surface area contributed by atoms with Crippen molar-refractivity contribution in [3.05, 3.63) is 65.4 Å². The molecule has 5 rings (SSSR count). The average molecular weight is 379 g/mol. The highest BCUT2D eigenvalue weighted by Crippen LogP contribution is 2.40. The van der Waals surface area contributed by atoms with E-state index in [0.717, 1.165) is 17.7 Å². The highest BCUT2D eigenvalue weighted by Gasteiger charge is 2.37. The minimum Gasteiger partial charge on any atom is -0.306 e. The number of aromatic nitrogens is 2. The molecule has 2 aliphatic rings. The number of hydrogen-bond donors (Lipinski definition) is 0. The van der Waals surface area contributed by atoms with Gasteiger partial charge in [-0.1, -0.05) is 36.4 Å². The van der Waals surface area contributed by atoms with Crippen molar-refractivity contribution in [3.8, 4) is 11.3 Å². The summed E-state index contributed by atoms with van der Waals surface area (Å²) in [6, 6.07) is 14.7. The van der Waals surface area contributed by atoms with E-state index in [0.29, 0.717) is 28.3 Å². The van der Waals surface area contributed by atoms with Crippen LogP contribution in [0.3, 0.4) is 0 Å². The SMILES string of the molecule is Cn1nc(C(=O)N2CCc3ccccc32)c2c1-c1ccccc1S(=O)(=O)C2. The van der Waals surface area contributed by atoms with Crippen LogP contribution in [0.2, 0.25) is 0 Å². The largest absolute Gasteiger partial charge is 0.306 e. The first-order valence-corrected chi connectivity index (χ1v) is 10.4. The summed E-state index contributed by atoms with van der Waals surface area (Å²) in [6.07, 6.45) is 0.790. The van der Waals surface area contributed by atoms with Gasteiger partial charge in [0.2, 0.25) is 0 Å². The molecule has 0 spiro atoms. The first kappa shape index (κ1) is 16.3. The van der Waals surface area contributed by atoms with Crippen LogP contribution >= 0.6 is 0 Å². The van der Waals surface area contributed by atoms with Crippen LogP contribution in [0, 0.1) is 0 Å². The van der Waals surface area contributed by atoms with Crippen LogP contribution in [0.4, 0.5) is 5.69 Å². The number of carbonyl (C=O) groups is 1. The number of benzene rings is 2. The molecule has 0 aliphatic carbocycles. The van der Waals surface area contributed by atoms with E-state index in [1.165, 1.54) is 0 Å². The molecule has 2 aliphatic heterocycles. The van der Waals surface area contributed by atoms with Crippen molar-refractivity contribution in [2.24, 2.45) is 7.05 Å². The molecular formula is C20H17N3O3S. The number of amides is 1. The summed E-state index contributed by atoms with van der Waals surface area (Å²) in [6.45, 7) is 0.576. The lowest BCUT2D eigenvalue weighted by Crippen LogP contribution is -2.30. The van der Waals surface area contributed by atoms with E-state index in [1.807, 2.05) is 24.3 Å². The van der Waals surface area contributed by atoms with Crippen molar-refractivity contribution < 1.29 is 13.2 Å². The average Bonchev–Trinajstić information content (AvgIpc) is 3.22. The van der Waals surface area contributed by atoms with Gasteiger partial charge in [0.15, 0.2) is 15.5 Å². The quantitative estimate of drug-likeness (QED) is 0.651. The molecule has 0 radical (unpaired) electrons. The summed E-state index contributed by atoms with van der Waals surface area (Å²) in [5, 5.41) is 4.44. The molecule has 6 nitrogen and oxygen atoms in total. The Bertz CT molecular complexity index is 1210. The normalized spacial score (nSPS) is 16.6. The van der Waals surface area contributed by atoms with Crippen LogP contribution in [0.15, 0.2) is 53.4 Å². The van der Waals surface area contributed by atoms with Gasteiger partial charge in [0.25, 0.3) is 5.91 Å². The van der Waals surface area contributed by atoms with Gasteiger partial charge in [0, 0.05) is 30.4 Å². The van der Waals surface area contributed by atoms with Crippen molar-refractivity contribution in [2.75, 3.05) is 11.4 Å². The second kappa shape index (κ2) is 5.53. The van der Waals surface area contributed by atoms with E-state index < -0.39 is 9.84 Å². The highest BCUT2D eigenvalue weighted by molar-refractivity contribution is 7.90. The molecule has 7 heteroatoms. The molecule has 1 aromatic heterocycles. The van der Waals surface area contributed by atoms with E-state index in [4.69, 9.17) is 0 Å². The zero-order valence-corrected chi connectivity index (χ0v) is 15.5. The number of carbonyl (C=O) groups excluding carboxylic acids is 1. The number of nitrogens with zero attached hydrogens (tertiary/aromatic N) is 3. The van der Waals surface area contributed by atoms with Gasteiger partial charge in [-0.15, -0.1) is 0 Å². The summed E-state index contributed by atoms with van der Waals surface area (Å²) in [5.41, 5.74) is 4.02. The Balaban J connectivity index is 1.67. The Hall–Kier alpha value is -2.93. The van der Waals surface area contributed by atoms with Crippen LogP contribution in [0.5, 0.6) is 0 Å². The highest BCUT2D eigenvalue weighted by atomic mass is 32.2. The van der Waals surface area contributed by atoms with Gasteiger partial charge in [-0.2, -0.15) is 5.10 Å². The maximum absolute atomic E-state index is 13.3. The Morgan fingerprint density at radius 3 is 2.67 bits per heavy atom. The fourth-order valence-corrected chi connectivity index (χ4v) is 5.69. The fourth-order valence-electron chi connectivity index (χ4n) is 4.09. The third kappa shape index (κ3) is 2.28. The monoisotopic (exact) mass is 379 g/mol. The van der Waals surface area contributed by atoms with Crippen LogP contribution in [0.25, 0.3) is 11.3 Å². The number of rotatable bonds is 1. The van der Waals surface area contributed by atoms with Crippen LogP contribution in [-0.2, 0) is 29.1 Å². The zero-order valence-electron chi connectivity index (χ0n) is 14.7. The molecule has 136 valence electrons. The summed E-state index contributed by atoms with van der Waals surface area (Å²) in [5.74, 6) is -0.449. The molecule has 0 saturated carbocycles. The van der Waals surface area contributed by atoms with E-state index >= 15 is 0 Å². The van der Waals surface area contributed by atoms with Gasteiger partial charge in [-0.05, 0) is 24.1 Å². The van der Waals surface area contributed by atoms with Crippen LogP contribution in [-0.4, -0.2) is 30.7 Å². The number of sulfone groups is 1. The Morgan fingerprint density at radius 2 is 1.81 bits per heavy atom. The summed E-state index contributed by atoms with van der Waals surface area (Å²) < 4.78 is 27.2.